The Hall–Kier alpha value is -3.19. The molecule has 1 heterocycles. The summed E-state index contributed by atoms with van der Waals surface area (Å²) in [6.07, 6.45) is 2.88. The number of halogens is 1. The Balaban J connectivity index is 1.40. The van der Waals surface area contributed by atoms with Crippen LogP contribution in [0.15, 0.2) is 77.7 Å². The van der Waals surface area contributed by atoms with E-state index in [1.165, 1.54) is 16.4 Å². The molecule has 7 heteroatoms. The van der Waals surface area contributed by atoms with Gasteiger partial charge in [-0.25, -0.2) is 12.8 Å². The number of amides is 1. The van der Waals surface area contributed by atoms with Gasteiger partial charge in [0.15, 0.2) is 0 Å². The number of anilines is 2. The lowest BCUT2D eigenvalue weighted by molar-refractivity contribution is -0.118. The van der Waals surface area contributed by atoms with Crippen molar-refractivity contribution < 1.29 is 17.6 Å². The minimum Gasteiger partial charge on any atom is -0.325 e. The smallest absolute Gasteiger partial charge is 0.264 e. The second kappa shape index (κ2) is 7.74. The molecule has 0 radical (unpaired) electrons. The molecule has 3 aromatic carbocycles. The maximum atomic E-state index is 13.3. The molecule has 0 bridgehead atoms. The maximum absolute atomic E-state index is 13.3. The highest BCUT2D eigenvalue weighted by molar-refractivity contribution is 7.92. The highest BCUT2D eigenvalue weighted by Gasteiger charge is 2.51. The van der Waals surface area contributed by atoms with E-state index < -0.39 is 15.4 Å². The Morgan fingerprint density at radius 1 is 0.969 bits per heavy atom. The molecular formula is C25H23FN2O3S. The van der Waals surface area contributed by atoms with Crippen LogP contribution in [0.1, 0.15) is 30.4 Å². The van der Waals surface area contributed by atoms with E-state index in [9.17, 15) is 17.6 Å². The molecule has 1 amide bonds. The summed E-state index contributed by atoms with van der Waals surface area (Å²) < 4.78 is 41.1. The number of fused-ring (bicyclic) bond motifs is 1. The lowest BCUT2D eigenvalue weighted by atomic mass is 9.94. The average molecular weight is 451 g/mol. The second-order valence-electron chi connectivity index (χ2n) is 8.38. The van der Waals surface area contributed by atoms with E-state index in [0.29, 0.717) is 24.3 Å². The van der Waals surface area contributed by atoms with Gasteiger partial charge in [0.05, 0.1) is 16.0 Å². The van der Waals surface area contributed by atoms with E-state index in [4.69, 9.17) is 0 Å². The number of nitrogens with zero attached hydrogens (tertiary/aromatic N) is 1. The number of carbonyl (C=O) groups is 1. The number of carbonyl (C=O) groups excluding carboxylic acids is 1. The van der Waals surface area contributed by atoms with Gasteiger partial charge in [-0.2, -0.15) is 0 Å². The Kier molecular flexibility index (Phi) is 5.01. The van der Waals surface area contributed by atoms with E-state index in [1.54, 1.807) is 54.6 Å². The van der Waals surface area contributed by atoms with Crippen LogP contribution in [0.25, 0.3) is 0 Å². The molecule has 0 spiro atoms. The first-order valence-electron chi connectivity index (χ1n) is 10.7. The summed E-state index contributed by atoms with van der Waals surface area (Å²) in [7, 11) is -3.65. The molecular weight excluding hydrogens is 427 g/mol. The van der Waals surface area contributed by atoms with Gasteiger partial charge in [0, 0.05) is 12.2 Å². The van der Waals surface area contributed by atoms with Crippen molar-refractivity contribution in [3.05, 3.63) is 89.7 Å². The molecule has 1 saturated carbocycles. The highest BCUT2D eigenvalue weighted by atomic mass is 32.2. The summed E-state index contributed by atoms with van der Waals surface area (Å²) in [5.74, 6) is -0.441. The van der Waals surface area contributed by atoms with Crippen molar-refractivity contribution in [2.45, 2.75) is 36.0 Å². The quantitative estimate of drug-likeness (QED) is 0.616. The maximum Gasteiger partial charge on any atom is 0.264 e. The van der Waals surface area contributed by atoms with Crippen LogP contribution in [0.4, 0.5) is 15.8 Å². The van der Waals surface area contributed by atoms with Gasteiger partial charge in [-0.1, -0.05) is 30.3 Å². The van der Waals surface area contributed by atoms with Crippen LogP contribution >= 0.6 is 0 Å². The lowest BCUT2D eigenvalue weighted by Crippen LogP contribution is -2.35. The van der Waals surface area contributed by atoms with Crippen LogP contribution in [-0.4, -0.2) is 20.9 Å². The molecule has 0 atom stereocenters. The molecule has 0 saturated heterocycles. The van der Waals surface area contributed by atoms with Crippen LogP contribution in [0, 0.1) is 5.82 Å². The topological polar surface area (TPSA) is 66.5 Å². The lowest BCUT2D eigenvalue weighted by Gasteiger charge is -2.31. The fourth-order valence-electron chi connectivity index (χ4n) is 4.40. The molecule has 5 rings (SSSR count). The Labute approximate surface area is 186 Å². The van der Waals surface area contributed by atoms with Gasteiger partial charge in [-0.05, 0) is 79.3 Å². The Morgan fingerprint density at radius 3 is 2.38 bits per heavy atom. The van der Waals surface area contributed by atoms with Crippen molar-refractivity contribution in [2.75, 3.05) is 16.2 Å². The average Bonchev–Trinajstić information content (AvgIpc) is 3.62. The standard InChI is InChI=1S/C25H23FN2O3S/c26-20-10-8-19(9-11-20)25(14-15-25)24(29)27-21-12-13-23-18(17-21)5-4-16-28(23)32(30,31)22-6-2-1-3-7-22/h1-3,6-13,17H,4-5,14-16H2,(H,27,29). The van der Waals surface area contributed by atoms with E-state index in [2.05, 4.69) is 5.32 Å². The molecule has 1 aliphatic carbocycles. The van der Waals surface area contributed by atoms with Crippen LogP contribution < -0.4 is 9.62 Å². The summed E-state index contributed by atoms with van der Waals surface area (Å²) in [5.41, 5.74) is 2.38. The Bertz CT molecular complexity index is 1270. The molecule has 2 aliphatic rings. The second-order valence-corrected chi connectivity index (χ2v) is 10.2. The molecule has 0 unspecified atom stereocenters. The van der Waals surface area contributed by atoms with Gasteiger partial charge in [0.25, 0.3) is 10.0 Å². The summed E-state index contributed by atoms with van der Waals surface area (Å²) in [5, 5.41) is 2.99. The zero-order valence-electron chi connectivity index (χ0n) is 17.4. The third kappa shape index (κ3) is 3.56. The summed E-state index contributed by atoms with van der Waals surface area (Å²) in [6.45, 7) is 0.420. The first kappa shape index (κ1) is 20.7. The molecule has 5 nitrogen and oxygen atoms in total. The van der Waals surface area contributed by atoms with Crippen LogP contribution in [0.3, 0.4) is 0 Å². The summed E-state index contributed by atoms with van der Waals surface area (Å²) in [6, 6.07) is 19.9. The fourth-order valence-corrected chi connectivity index (χ4v) is 5.96. The van der Waals surface area contributed by atoms with E-state index in [-0.39, 0.29) is 16.6 Å². The molecule has 1 fully saturated rings. The van der Waals surface area contributed by atoms with Crippen molar-refractivity contribution in [1.82, 2.24) is 0 Å². The van der Waals surface area contributed by atoms with Crippen LogP contribution in [0.5, 0.6) is 0 Å². The third-order valence-electron chi connectivity index (χ3n) is 6.33. The molecule has 1 aliphatic heterocycles. The van der Waals surface area contributed by atoms with Gasteiger partial charge < -0.3 is 5.32 Å². The van der Waals surface area contributed by atoms with Crippen molar-refractivity contribution in [2.24, 2.45) is 0 Å². The van der Waals surface area contributed by atoms with Crippen LogP contribution in [0.2, 0.25) is 0 Å². The normalized spacial score (nSPS) is 16.8. The number of aryl methyl sites for hydroxylation is 1. The minimum absolute atomic E-state index is 0.117. The highest BCUT2D eigenvalue weighted by Crippen LogP contribution is 2.49. The van der Waals surface area contributed by atoms with Crippen LogP contribution in [-0.2, 0) is 26.7 Å². The monoisotopic (exact) mass is 450 g/mol. The third-order valence-corrected chi connectivity index (χ3v) is 8.15. The predicted octanol–water partition coefficient (Wildman–Crippen LogP) is 4.64. The minimum atomic E-state index is -3.65. The van der Waals surface area contributed by atoms with Gasteiger partial charge >= 0.3 is 0 Å². The number of hydrogen-bond acceptors (Lipinski definition) is 3. The van der Waals surface area contributed by atoms with E-state index >= 15 is 0 Å². The zero-order valence-corrected chi connectivity index (χ0v) is 18.2. The van der Waals surface area contributed by atoms with Crippen molar-refractivity contribution in [3.63, 3.8) is 0 Å². The number of rotatable bonds is 5. The number of hydrogen-bond donors (Lipinski definition) is 1. The summed E-state index contributed by atoms with van der Waals surface area (Å²) in [4.78, 5) is 13.3. The predicted molar refractivity (Wildman–Crippen MR) is 122 cm³/mol. The SMILES string of the molecule is O=C(Nc1ccc2c(c1)CCCN2S(=O)(=O)c1ccccc1)C1(c2ccc(F)cc2)CC1. The van der Waals surface area contributed by atoms with Gasteiger partial charge in [-0.15, -0.1) is 0 Å². The number of benzene rings is 3. The Morgan fingerprint density at radius 2 is 1.69 bits per heavy atom. The molecule has 164 valence electrons. The molecule has 1 N–H and O–H groups in total. The largest absolute Gasteiger partial charge is 0.325 e. The van der Waals surface area contributed by atoms with Gasteiger partial charge in [0.2, 0.25) is 5.91 Å². The fraction of sp³-hybridized carbons (Fsp3) is 0.240. The van der Waals surface area contributed by atoms with Gasteiger partial charge in [-0.3, -0.25) is 9.10 Å². The molecule has 0 aromatic heterocycles. The molecule has 3 aromatic rings. The molecule has 32 heavy (non-hydrogen) atoms. The summed E-state index contributed by atoms with van der Waals surface area (Å²) >= 11 is 0. The van der Waals surface area contributed by atoms with E-state index in [0.717, 1.165) is 30.4 Å². The first-order valence-corrected chi connectivity index (χ1v) is 12.1. The van der Waals surface area contributed by atoms with Crippen molar-refractivity contribution >= 4 is 27.3 Å². The van der Waals surface area contributed by atoms with Gasteiger partial charge in [0.1, 0.15) is 5.82 Å². The number of sulfonamides is 1. The van der Waals surface area contributed by atoms with Crippen molar-refractivity contribution in [1.29, 1.82) is 0 Å². The van der Waals surface area contributed by atoms with E-state index in [1.807, 2.05) is 6.07 Å². The number of nitrogens with one attached hydrogen (secondary N) is 1. The van der Waals surface area contributed by atoms with Crippen molar-refractivity contribution in [3.8, 4) is 0 Å². The first-order chi connectivity index (χ1) is 15.4. The zero-order chi connectivity index (χ0) is 22.3.